The summed E-state index contributed by atoms with van der Waals surface area (Å²) in [4.78, 5) is 17.1. The average molecular weight is 356 g/mol. The molecule has 26 heavy (non-hydrogen) atoms. The Balaban J connectivity index is 1.74. The normalized spacial score (nSPS) is 17.1. The first-order valence-corrected chi connectivity index (χ1v) is 9.10. The molecule has 3 rings (SSSR count). The number of nitrogens with one attached hydrogen (secondary N) is 1. The van der Waals surface area contributed by atoms with Crippen molar-refractivity contribution in [1.82, 2.24) is 20.0 Å². The molecule has 1 N–H and O–H groups in total. The Labute approximate surface area is 155 Å². The van der Waals surface area contributed by atoms with E-state index in [1.165, 1.54) is 0 Å². The predicted octanol–water partition coefficient (Wildman–Crippen LogP) is 2.69. The van der Waals surface area contributed by atoms with Gasteiger partial charge in [-0.25, -0.2) is 0 Å². The fraction of sp³-hybridized carbons (Fsp3) is 0.500. The molecule has 1 aliphatic heterocycles. The quantitative estimate of drug-likeness (QED) is 0.864. The second kappa shape index (κ2) is 7.91. The zero-order chi connectivity index (χ0) is 18.7. The van der Waals surface area contributed by atoms with Crippen molar-refractivity contribution in [1.29, 1.82) is 0 Å². The van der Waals surface area contributed by atoms with Crippen molar-refractivity contribution in [2.45, 2.75) is 38.8 Å². The third-order valence-electron chi connectivity index (χ3n) is 4.83. The number of aromatic nitrogens is 2. The van der Waals surface area contributed by atoms with E-state index in [0.29, 0.717) is 6.42 Å². The van der Waals surface area contributed by atoms with Crippen molar-refractivity contribution in [2.24, 2.45) is 0 Å². The van der Waals surface area contributed by atoms with E-state index < -0.39 is 0 Å². The number of ether oxygens (including phenoxy) is 1. The number of aryl methyl sites for hydroxylation is 1. The van der Waals surface area contributed by atoms with Crippen LogP contribution in [0.2, 0.25) is 0 Å². The number of carbonyl (C=O) groups is 1. The Hall–Kier alpha value is -2.34. The minimum atomic E-state index is 0.0606. The highest BCUT2D eigenvalue weighted by molar-refractivity contribution is 5.80. The van der Waals surface area contributed by atoms with Gasteiger partial charge in [-0.3, -0.25) is 9.89 Å². The van der Waals surface area contributed by atoms with Crippen LogP contribution in [0.1, 0.15) is 41.4 Å². The van der Waals surface area contributed by atoms with Crippen molar-refractivity contribution >= 4 is 5.91 Å². The zero-order valence-electron chi connectivity index (χ0n) is 16.1. The van der Waals surface area contributed by atoms with Crippen molar-refractivity contribution in [2.75, 3.05) is 27.7 Å². The summed E-state index contributed by atoms with van der Waals surface area (Å²) in [5.74, 6) is 0.904. The summed E-state index contributed by atoms with van der Waals surface area (Å²) < 4.78 is 5.42. The number of methoxy groups -OCH3 is 1. The first-order chi connectivity index (χ1) is 12.5. The van der Waals surface area contributed by atoms with E-state index in [2.05, 4.69) is 21.2 Å². The summed E-state index contributed by atoms with van der Waals surface area (Å²) >= 11 is 0. The molecule has 0 aliphatic carbocycles. The third-order valence-corrected chi connectivity index (χ3v) is 4.83. The second-order valence-corrected chi connectivity index (χ2v) is 7.29. The van der Waals surface area contributed by atoms with Gasteiger partial charge in [0.25, 0.3) is 0 Å². The Morgan fingerprint density at radius 1 is 1.38 bits per heavy atom. The average Bonchev–Trinajstić information content (AvgIpc) is 3.23. The van der Waals surface area contributed by atoms with Crippen molar-refractivity contribution < 1.29 is 9.53 Å². The van der Waals surface area contributed by atoms with Gasteiger partial charge in [0.15, 0.2) is 0 Å². The van der Waals surface area contributed by atoms with E-state index in [0.717, 1.165) is 54.2 Å². The molecule has 0 radical (unpaired) electrons. The molecule has 1 aromatic carbocycles. The zero-order valence-corrected chi connectivity index (χ0v) is 16.1. The van der Waals surface area contributed by atoms with Gasteiger partial charge in [0.2, 0.25) is 5.91 Å². The molecule has 0 saturated carbocycles. The minimum Gasteiger partial charge on any atom is -0.496 e. The van der Waals surface area contributed by atoms with E-state index in [9.17, 15) is 4.79 Å². The van der Waals surface area contributed by atoms with Crippen LogP contribution < -0.4 is 4.74 Å². The summed E-state index contributed by atoms with van der Waals surface area (Å²) in [6, 6.07) is 8.11. The lowest BCUT2D eigenvalue weighted by Crippen LogP contribution is -2.32. The van der Waals surface area contributed by atoms with E-state index in [-0.39, 0.29) is 11.9 Å². The molecule has 140 valence electrons. The van der Waals surface area contributed by atoms with Crippen molar-refractivity contribution in [3.05, 3.63) is 46.8 Å². The van der Waals surface area contributed by atoms with Gasteiger partial charge in [0, 0.05) is 24.3 Å². The smallest absolute Gasteiger partial charge is 0.227 e. The second-order valence-electron chi connectivity index (χ2n) is 7.29. The molecule has 1 fully saturated rings. The van der Waals surface area contributed by atoms with Gasteiger partial charge >= 0.3 is 0 Å². The predicted molar refractivity (Wildman–Crippen MR) is 101 cm³/mol. The fourth-order valence-corrected chi connectivity index (χ4v) is 3.65. The number of amides is 1. The molecule has 1 atom stereocenters. The van der Waals surface area contributed by atoms with Gasteiger partial charge in [-0.15, -0.1) is 0 Å². The van der Waals surface area contributed by atoms with Gasteiger partial charge in [-0.2, -0.15) is 5.10 Å². The molecule has 2 heterocycles. The Kier molecular flexibility index (Phi) is 5.61. The van der Waals surface area contributed by atoms with Gasteiger partial charge in [0.05, 0.1) is 25.3 Å². The Morgan fingerprint density at radius 2 is 2.19 bits per heavy atom. The number of benzene rings is 1. The maximum atomic E-state index is 13.0. The standard InChI is InChI=1S/C20H28N4O2/c1-14-7-8-19(26-4)15(10-14)11-20(25)24-9-5-6-18(24)17-12-16(21-22-17)13-23(2)3/h7-8,10,12,18H,5-6,9,11,13H2,1-4H3,(H,21,22)/t18-/m0/s1. The largest absolute Gasteiger partial charge is 0.496 e. The van der Waals surface area contributed by atoms with Crippen molar-refractivity contribution in [3.63, 3.8) is 0 Å². The highest BCUT2D eigenvalue weighted by Gasteiger charge is 2.32. The molecule has 1 saturated heterocycles. The molecule has 1 amide bonds. The van der Waals surface area contributed by atoms with Gasteiger partial charge in [0.1, 0.15) is 5.75 Å². The third kappa shape index (κ3) is 4.07. The molecular formula is C20H28N4O2. The maximum absolute atomic E-state index is 13.0. The maximum Gasteiger partial charge on any atom is 0.227 e. The van der Waals surface area contributed by atoms with Crippen LogP contribution in [0.15, 0.2) is 24.3 Å². The molecule has 0 bridgehead atoms. The van der Waals surface area contributed by atoms with Crippen molar-refractivity contribution in [3.8, 4) is 5.75 Å². The number of aromatic amines is 1. The van der Waals surface area contributed by atoms with Crippen LogP contribution in [-0.4, -0.2) is 53.7 Å². The molecule has 1 aliphatic rings. The van der Waals surface area contributed by atoms with Gasteiger partial charge in [-0.05, 0) is 46.0 Å². The lowest BCUT2D eigenvalue weighted by molar-refractivity contribution is -0.131. The number of nitrogens with zero attached hydrogens (tertiary/aromatic N) is 3. The SMILES string of the molecule is COc1ccc(C)cc1CC(=O)N1CCC[C@H]1c1cc(CN(C)C)[nH]n1. The van der Waals surface area contributed by atoms with E-state index >= 15 is 0 Å². The van der Waals surface area contributed by atoms with Crippen LogP contribution in [0.4, 0.5) is 0 Å². The highest BCUT2D eigenvalue weighted by Crippen LogP contribution is 2.32. The molecule has 6 heteroatoms. The number of carbonyl (C=O) groups excluding carboxylic acids is 1. The fourth-order valence-electron chi connectivity index (χ4n) is 3.65. The van der Waals surface area contributed by atoms with Gasteiger partial charge in [-0.1, -0.05) is 17.7 Å². The van der Waals surface area contributed by atoms with Crippen LogP contribution in [-0.2, 0) is 17.8 Å². The summed E-state index contributed by atoms with van der Waals surface area (Å²) in [6.45, 7) is 3.63. The van der Waals surface area contributed by atoms with Crippen LogP contribution in [0, 0.1) is 6.92 Å². The Morgan fingerprint density at radius 3 is 2.92 bits per heavy atom. The van der Waals surface area contributed by atoms with Crippen LogP contribution >= 0.6 is 0 Å². The first kappa shape index (κ1) is 18.5. The number of hydrogen-bond acceptors (Lipinski definition) is 4. The van der Waals surface area contributed by atoms with Gasteiger partial charge < -0.3 is 14.5 Å². The van der Waals surface area contributed by atoms with Crippen LogP contribution in [0.3, 0.4) is 0 Å². The number of H-pyrrole nitrogens is 1. The Bertz CT molecular complexity index is 769. The number of likely N-dealkylation sites (tertiary alicyclic amines) is 1. The van der Waals surface area contributed by atoms with E-state index in [1.807, 2.05) is 44.1 Å². The summed E-state index contributed by atoms with van der Waals surface area (Å²) in [5.41, 5.74) is 4.11. The topological polar surface area (TPSA) is 61.5 Å². The molecule has 6 nitrogen and oxygen atoms in total. The van der Waals surface area contributed by atoms with E-state index in [1.54, 1.807) is 7.11 Å². The van der Waals surface area contributed by atoms with E-state index in [4.69, 9.17) is 4.74 Å². The van der Waals surface area contributed by atoms with Crippen LogP contribution in [0.25, 0.3) is 0 Å². The minimum absolute atomic E-state index is 0.0606. The first-order valence-electron chi connectivity index (χ1n) is 9.10. The molecule has 2 aromatic rings. The number of rotatable bonds is 6. The van der Waals surface area contributed by atoms with Crippen LogP contribution in [0.5, 0.6) is 5.75 Å². The lowest BCUT2D eigenvalue weighted by atomic mass is 10.1. The summed E-state index contributed by atoms with van der Waals surface area (Å²) in [5, 5.41) is 7.57. The summed E-state index contributed by atoms with van der Waals surface area (Å²) in [7, 11) is 5.70. The highest BCUT2D eigenvalue weighted by atomic mass is 16.5. The molecular weight excluding hydrogens is 328 g/mol. The molecule has 1 aromatic heterocycles. The lowest BCUT2D eigenvalue weighted by Gasteiger charge is -2.24. The molecule has 0 unspecified atom stereocenters. The molecule has 0 spiro atoms. The monoisotopic (exact) mass is 356 g/mol. The summed E-state index contributed by atoms with van der Waals surface area (Å²) in [6.07, 6.45) is 2.33. The number of hydrogen-bond donors (Lipinski definition) is 1.